The van der Waals surface area contributed by atoms with Gasteiger partial charge in [-0.2, -0.15) is 5.10 Å². The summed E-state index contributed by atoms with van der Waals surface area (Å²) in [4.78, 5) is 32.1. The summed E-state index contributed by atoms with van der Waals surface area (Å²) in [6.45, 7) is 1.74. The Kier molecular flexibility index (Phi) is 4.04. The number of hydrogen-bond acceptors (Lipinski definition) is 6. The molecular formula is C16H20N8O. The second-order valence-electron chi connectivity index (χ2n) is 6.28. The molecule has 25 heavy (non-hydrogen) atoms. The summed E-state index contributed by atoms with van der Waals surface area (Å²) >= 11 is 0. The van der Waals surface area contributed by atoms with Crippen molar-refractivity contribution in [2.45, 2.75) is 18.9 Å². The van der Waals surface area contributed by atoms with Crippen LogP contribution in [0, 0.1) is 0 Å². The third-order valence-electron chi connectivity index (χ3n) is 4.59. The summed E-state index contributed by atoms with van der Waals surface area (Å²) < 4.78 is 1.95. The van der Waals surface area contributed by atoms with E-state index in [1.165, 1.54) is 6.33 Å². The van der Waals surface area contributed by atoms with E-state index in [1.54, 1.807) is 12.5 Å². The molecule has 9 nitrogen and oxygen atoms in total. The van der Waals surface area contributed by atoms with Gasteiger partial charge in [0.2, 0.25) is 5.91 Å². The molecule has 0 aliphatic carbocycles. The van der Waals surface area contributed by atoms with Crippen LogP contribution in [0.25, 0.3) is 11.2 Å². The SMILES string of the molecule is CN(CC(=O)N1CCCC(n2cccn2)C1)c1ncnc2nc[nH]c12. The first kappa shape index (κ1) is 15.6. The third-order valence-corrected chi connectivity index (χ3v) is 4.59. The van der Waals surface area contributed by atoms with Crippen LogP contribution in [0.5, 0.6) is 0 Å². The molecule has 0 saturated carbocycles. The van der Waals surface area contributed by atoms with Crippen LogP contribution in [0.1, 0.15) is 18.9 Å². The van der Waals surface area contributed by atoms with Gasteiger partial charge in [0.1, 0.15) is 11.8 Å². The van der Waals surface area contributed by atoms with Gasteiger partial charge in [0.25, 0.3) is 0 Å². The number of likely N-dealkylation sites (tertiary alicyclic amines) is 1. The van der Waals surface area contributed by atoms with Crippen molar-refractivity contribution in [2.24, 2.45) is 0 Å². The largest absolute Gasteiger partial charge is 0.348 e. The fraction of sp³-hybridized carbons (Fsp3) is 0.438. The lowest BCUT2D eigenvalue weighted by Crippen LogP contribution is -2.45. The van der Waals surface area contributed by atoms with E-state index in [2.05, 4.69) is 25.0 Å². The summed E-state index contributed by atoms with van der Waals surface area (Å²) in [5.41, 5.74) is 1.34. The van der Waals surface area contributed by atoms with Gasteiger partial charge < -0.3 is 14.8 Å². The number of nitrogens with one attached hydrogen (secondary N) is 1. The van der Waals surface area contributed by atoms with Crippen LogP contribution in [-0.4, -0.2) is 67.2 Å². The van der Waals surface area contributed by atoms with E-state index in [1.807, 2.05) is 33.8 Å². The first-order valence-corrected chi connectivity index (χ1v) is 8.34. The molecule has 9 heteroatoms. The molecule has 4 rings (SSSR count). The van der Waals surface area contributed by atoms with Crippen molar-refractivity contribution in [3.8, 4) is 0 Å². The molecule has 4 heterocycles. The molecule has 0 radical (unpaired) electrons. The highest BCUT2D eigenvalue weighted by atomic mass is 16.2. The van der Waals surface area contributed by atoms with Gasteiger partial charge in [-0.05, 0) is 18.9 Å². The number of piperidine rings is 1. The predicted octanol–water partition coefficient (Wildman–Crippen LogP) is 0.849. The van der Waals surface area contributed by atoms with Gasteiger partial charge in [0, 0.05) is 32.5 Å². The van der Waals surface area contributed by atoms with Crippen LogP contribution in [0.2, 0.25) is 0 Å². The maximum Gasteiger partial charge on any atom is 0.242 e. The van der Waals surface area contributed by atoms with E-state index in [0.717, 1.165) is 24.9 Å². The predicted molar refractivity (Wildman–Crippen MR) is 92.0 cm³/mol. The first-order valence-electron chi connectivity index (χ1n) is 8.34. The average Bonchev–Trinajstić information content (AvgIpc) is 3.33. The Balaban J connectivity index is 1.45. The fourth-order valence-electron chi connectivity index (χ4n) is 3.31. The molecule has 0 spiro atoms. The van der Waals surface area contributed by atoms with E-state index in [0.29, 0.717) is 18.0 Å². The molecule has 1 atom stereocenters. The summed E-state index contributed by atoms with van der Waals surface area (Å²) in [7, 11) is 1.86. The summed E-state index contributed by atoms with van der Waals surface area (Å²) in [5.74, 6) is 0.766. The van der Waals surface area contributed by atoms with Gasteiger partial charge in [-0.25, -0.2) is 15.0 Å². The van der Waals surface area contributed by atoms with Crippen LogP contribution in [0.15, 0.2) is 31.1 Å². The molecule has 130 valence electrons. The highest BCUT2D eigenvalue weighted by Gasteiger charge is 2.26. The zero-order valence-corrected chi connectivity index (χ0v) is 14.0. The number of anilines is 1. The smallest absolute Gasteiger partial charge is 0.242 e. The molecular weight excluding hydrogens is 320 g/mol. The van der Waals surface area contributed by atoms with Gasteiger partial charge in [-0.3, -0.25) is 9.48 Å². The highest BCUT2D eigenvalue weighted by molar-refractivity contribution is 5.87. The molecule has 1 unspecified atom stereocenters. The number of aromatic amines is 1. The molecule has 1 amide bonds. The molecule has 0 bridgehead atoms. The van der Waals surface area contributed by atoms with Crippen LogP contribution in [0.3, 0.4) is 0 Å². The standard InChI is InChI=1S/C16H20N8O/c1-22(16-14-15(18-10-17-14)19-11-20-16)9-13(25)23-6-2-4-12(8-23)24-7-3-5-21-24/h3,5,7,10-12H,2,4,6,8-9H2,1H3,(H,17,18,19,20). The minimum atomic E-state index is 0.0885. The Morgan fingerprint density at radius 2 is 2.32 bits per heavy atom. The van der Waals surface area contributed by atoms with Crippen molar-refractivity contribution in [3.63, 3.8) is 0 Å². The Morgan fingerprint density at radius 1 is 1.40 bits per heavy atom. The van der Waals surface area contributed by atoms with Gasteiger partial charge in [0.15, 0.2) is 11.5 Å². The third kappa shape index (κ3) is 3.04. The van der Waals surface area contributed by atoms with Gasteiger partial charge in [-0.1, -0.05) is 0 Å². The molecule has 3 aromatic heterocycles. The first-order chi connectivity index (χ1) is 12.2. The number of hydrogen-bond donors (Lipinski definition) is 1. The lowest BCUT2D eigenvalue weighted by atomic mass is 10.1. The molecule has 3 aromatic rings. The fourth-order valence-corrected chi connectivity index (χ4v) is 3.31. The second-order valence-corrected chi connectivity index (χ2v) is 6.28. The number of likely N-dealkylation sites (N-methyl/N-ethyl adjacent to an activating group) is 1. The number of carbonyl (C=O) groups excluding carboxylic acids is 1. The maximum absolute atomic E-state index is 12.8. The monoisotopic (exact) mass is 340 g/mol. The van der Waals surface area contributed by atoms with Gasteiger partial charge >= 0.3 is 0 Å². The molecule has 1 aliphatic rings. The van der Waals surface area contributed by atoms with Crippen molar-refractivity contribution in [2.75, 3.05) is 31.6 Å². The number of aromatic nitrogens is 6. The lowest BCUT2D eigenvalue weighted by molar-refractivity contribution is -0.131. The van der Waals surface area contributed by atoms with Gasteiger partial charge in [-0.15, -0.1) is 0 Å². The Labute approximate surface area is 144 Å². The van der Waals surface area contributed by atoms with Crippen molar-refractivity contribution >= 4 is 22.9 Å². The zero-order valence-electron chi connectivity index (χ0n) is 14.0. The molecule has 1 saturated heterocycles. The molecule has 1 aliphatic heterocycles. The number of H-pyrrole nitrogens is 1. The van der Waals surface area contributed by atoms with Crippen molar-refractivity contribution in [3.05, 3.63) is 31.1 Å². The topological polar surface area (TPSA) is 95.8 Å². The number of carbonyl (C=O) groups is 1. The van der Waals surface area contributed by atoms with Crippen molar-refractivity contribution < 1.29 is 4.79 Å². The summed E-state index contributed by atoms with van der Waals surface area (Å²) in [5, 5.41) is 4.31. The molecule has 0 aromatic carbocycles. The second kappa shape index (κ2) is 6.50. The number of amides is 1. The molecule has 1 fully saturated rings. The minimum absolute atomic E-state index is 0.0885. The summed E-state index contributed by atoms with van der Waals surface area (Å²) in [6, 6.07) is 2.16. The van der Waals surface area contributed by atoms with E-state index in [9.17, 15) is 4.79 Å². The van der Waals surface area contributed by atoms with E-state index >= 15 is 0 Å². The minimum Gasteiger partial charge on any atom is -0.348 e. The highest BCUT2D eigenvalue weighted by Crippen LogP contribution is 2.22. The van der Waals surface area contributed by atoms with Crippen LogP contribution >= 0.6 is 0 Å². The van der Waals surface area contributed by atoms with E-state index in [-0.39, 0.29) is 18.5 Å². The zero-order chi connectivity index (χ0) is 17.2. The van der Waals surface area contributed by atoms with Crippen LogP contribution < -0.4 is 4.90 Å². The van der Waals surface area contributed by atoms with Crippen molar-refractivity contribution in [1.82, 2.24) is 34.6 Å². The number of nitrogens with zero attached hydrogens (tertiary/aromatic N) is 7. The quantitative estimate of drug-likeness (QED) is 0.756. The molecule has 1 N–H and O–H groups in total. The Hall–Kier alpha value is -2.97. The maximum atomic E-state index is 12.8. The Morgan fingerprint density at radius 3 is 3.16 bits per heavy atom. The number of imidazole rings is 1. The lowest BCUT2D eigenvalue weighted by Gasteiger charge is -2.34. The van der Waals surface area contributed by atoms with E-state index in [4.69, 9.17) is 0 Å². The average molecular weight is 340 g/mol. The Bertz CT molecular complexity index is 858. The normalized spacial score (nSPS) is 17.8. The summed E-state index contributed by atoms with van der Waals surface area (Å²) in [6.07, 6.45) is 8.81. The van der Waals surface area contributed by atoms with Gasteiger partial charge in [0.05, 0.1) is 18.9 Å². The number of fused-ring (bicyclic) bond motifs is 1. The van der Waals surface area contributed by atoms with Crippen LogP contribution in [-0.2, 0) is 4.79 Å². The van der Waals surface area contributed by atoms with Crippen molar-refractivity contribution in [1.29, 1.82) is 0 Å². The van der Waals surface area contributed by atoms with E-state index < -0.39 is 0 Å². The number of rotatable bonds is 4. The van der Waals surface area contributed by atoms with Crippen LogP contribution in [0.4, 0.5) is 5.82 Å².